The van der Waals surface area contributed by atoms with Gasteiger partial charge < -0.3 is 32.5 Å². The molecule has 27 heavy (non-hydrogen) atoms. The number of carboxylic acids is 1. The van der Waals surface area contributed by atoms with Crippen LogP contribution in [0.3, 0.4) is 0 Å². The maximum atomic E-state index is 12.5. The summed E-state index contributed by atoms with van der Waals surface area (Å²) in [7, 11) is 0. The molecule has 0 saturated carbocycles. The summed E-state index contributed by atoms with van der Waals surface area (Å²) in [5, 5.41) is 16.0. The van der Waals surface area contributed by atoms with E-state index in [-0.39, 0.29) is 25.8 Å². The predicted molar refractivity (Wildman–Crippen MR) is 99.6 cm³/mol. The van der Waals surface area contributed by atoms with Gasteiger partial charge in [-0.3, -0.25) is 24.0 Å². The molecule has 0 saturated heterocycles. The highest BCUT2D eigenvalue weighted by Crippen LogP contribution is 2.04. The van der Waals surface area contributed by atoms with Crippen molar-refractivity contribution in [1.82, 2.24) is 16.0 Å². The topological polar surface area (TPSA) is 194 Å². The molecule has 0 rings (SSSR count). The summed E-state index contributed by atoms with van der Waals surface area (Å²) in [5.74, 6) is -3.30. The largest absolute Gasteiger partial charge is 0.480 e. The number of carbonyl (C=O) groups excluding carboxylic acids is 4. The number of primary amides is 1. The lowest BCUT2D eigenvalue weighted by atomic mass is 10.1. The molecule has 0 aromatic rings. The first-order chi connectivity index (χ1) is 12.6. The van der Waals surface area contributed by atoms with Crippen molar-refractivity contribution in [2.75, 3.05) is 18.6 Å². The molecule has 4 amide bonds. The van der Waals surface area contributed by atoms with Gasteiger partial charge >= 0.3 is 5.97 Å². The normalized spacial score (nSPS) is 13.7. The summed E-state index contributed by atoms with van der Waals surface area (Å²) < 4.78 is 0. The highest BCUT2D eigenvalue weighted by molar-refractivity contribution is 7.98. The van der Waals surface area contributed by atoms with Crippen molar-refractivity contribution in [1.29, 1.82) is 0 Å². The van der Waals surface area contributed by atoms with E-state index in [2.05, 4.69) is 16.0 Å². The molecule has 11 nitrogen and oxygen atoms in total. The van der Waals surface area contributed by atoms with Gasteiger partial charge in [0.25, 0.3) is 0 Å². The molecule has 3 unspecified atom stereocenters. The number of hydrogen-bond acceptors (Lipinski definition) is 7. The molecule has 0 aromatic heterocycles. The van der Waals surface area contributed by atoms with Gasteiger partial charge in [0.15, 0.2) is 0 Å². The zero-order valence-electron chi connectivity index (χ0n) is 15.3. The lowest BCUT2D eigenvalue weighted by Gasteiger charge is -2.23. The molecule has 3 atom stereocenters. The second-order valence-corrected chi connectivity index (χ2v) is 6.73. The molecular formula is C15H27N5O6S. The molecule has 0 heterocycles. The molecule has 154 valence electrons. The lowest BCUT2D eigenvalue weighted by molar-refractivity contribution is -0.141. The standard InChI is InChI=1S/C15H27N5O6S/c1-8(15(25)26)18-13(23)10(5-6-27-2)20-14(24)9(3-4-11(17)21)19-12(22)7-16/h8-10H,3-7,16H2,1-2H3,(H2,17,21)(H,18,23)(H,19,22)(H,20,24)(H,25,26). The van der Waals surface area contributed by atoms with E-state index in [0.29, 0.717) is 5.75 Å². The number of nitrogens with one attached hydrogen (secondary N) is 3. The van der Waals surface area contributed by atoms with Crippen molar-refractivity contribution in [3.8, 4) is 0 Å². The second-order valence-electron chi connectivity index (χ2n) is 5.74. The Balaban J connectivity index is 5.15. The monoisotopic (exact) mass is 405 g/mol. The van der Waals surface area contributed by atoms with E-state index in [0.717, 1.165) is 0 Å². The minimum atomic E-state index is -1.21. The average molecular weight is 405 g/mol. The molecule has 0 aliphatic rings. The van der Waals surface area contributed by atoms with Crippen LogP contribution in [0.1, 0.15) is 26.2 Å². The van der Waals surface area contributed by atoms with Gasteiger partial charge in [0.1, 0.15) is 18.1 Å². The van der Waals surface area contributed by atoms with Crippen LogP contribution in [0, 0.1) is 0 Å². The number of amides is 4. The Morgan fingerprint density at radius 3 is 2.04 bits per heavy atom. The van der Waals surface area contributed by atoms with Crippen molar-refractivity contribution >= 4 is 41.4 Å². The first-order valence-electron chi connectivity index (χ1n) is 8.22. The average Bonchev–Trinajstić information content (AvgIpc) is 2.60. The maximum Gasteiger partial charge on any atom is 0.325 e. The fourth-order valence-corrected chi connectivity index (χ4v) is 2.43. The molecule has 0 radical (unpaired) electrons. The van der Waals surface area contributed by atoms with Crippen molar-refractivity contribution < 1.29 is 29.1 Å². The van der Waals surface area contributed by atoms with Gasteiger partial charge in [0.05, 0.1) is 6.54 Å². The van der Waals surface area contributed by atoms with Crippen LogP contribution in [0.2, 0.25) is 0 Å². The van der Waals surface area contributed by atoms with Crippen LogP contribution >= 0.6 is 11.8 Å². The third-order valence-corrected chi connectivity index (χ3v) is 4.13. The summed E-state index contributed by atoms with van der Waals surface area (Å²) in [5.41, 5.74) is 10.3. The number of thioether (sulfide) groups is 1. The second kappa shape index (κ2) is 12.9. The Hall–Kier alpha value is -2.34. The van der Waals surface area contributed by atoms with E-state index in [9.17, 15) is 24.0 Å². The Morgan fingerprint density at radius 1 is 1.00 bits per heavy atom. The number of carboxylic acid groups (broad SMARTS) is 1. The predicted octanol–water partition coefficient (Wildman–Crippen LogP) is -2.48. The number of hydrogen-bond donors (Lipinski definition) is 6. The van der Waals surface area contributed by atoms with E-state index >= 15 is 0 Å². The summed E-state index contributed by atoms with van der Waals surface area (Å²) >= 11 is 1.44. The van der Waals surface area contributed by atoms with Gasteiger partial charge in [-0.05, 0) is 31.8 Å². The molecular weight excluding hydrogens is 378 g/mol. The zero-order valence-corrected chi connectivity index (χ0v) is 16.1. The number of nitrogens with two attached hydrogens (primary N) is 2. The Morgan fingerprint density at radius 2 is 1.56 bits per heavy atom. The molecule has 8 N–H and O–H groups in total. The van der Waals surface area contributed by atoms with Crippen LogP contribution in [0.15, 0.2) is 0 Å². The Kier molecular flexibility index (Phi) is 11.8. The van der Waals surface area contributed by atoms with Crippen LogP contribution in [-0.2, 0) is 24.0 Å². The van der Waals surface area contributed by atoms with Gasteiger partial charge in [-0.15, -0.1) is 0 Å². The third-order valence-electron chi connectivity index (χ3n) is 3.49. The van der Waals surface area contributed by atoms with Gasteiger partial charge in [-0.25, -0.2) is 0 Å². The SMILES string of the molecule is CSCCC(NC(=O)C(CCC(N)=O)NC(=O)CN)C(=O)NC(C)C(=O)O. The number of aliphatic carboxylic acids is 1. The van der Waals surface area contributed by atoms with E-state index in [4.69, 9.17) is 16.6 Å². The van der Waals surface area contributed by atoms with Crippen LogP contribution in [-0.4, -0.2) is 71.4 Å². The molecule has 0 aliphatic carbocycles. The van der Waals surface area contributed by atoms with Crippen LogP contribution in [0.5, 0.6) is 0 Å². The highest BCUT2D eigenvalue weighted by Gasteiger charge is 2.28. The summed E-state index contributed by atoms with van der Waals surface area (Å²) in [6, 6.07) is -3.23. The molecule has 0 aromatic carbocycles. The fraction of sp³-hybridized carbons (Fsp3) is 0.667. The van der Waals surface area contributed by atoms with E-state index in [1.807, 2.05) is 6.26 Å². The molecule has 0 spiro atoms. The van der Waals surface area contributed by atoms with Crippen molar-refractivity contribution in [2.45, 2.75) is 44.3 Å². The molecule has 12 heteroatoms. The van der Waals surface area contributed by atoms with Gasteiger partial charge in [0, 0.05) is 6.42 Å². The molecule has 0 aliphatic heterocycles. The number of rotatable bonds is 13. The molecule has 0 bridgehead atoms. The van der Waals surface area contributed by atoms with Crippen LogP contribution in [0.25, 0.3) is 0 Å². The maximum absolute atomic E-state index is 12.5. The third kappa shape index (κ3) is 10.4. The number of carbonyl (C=O) groups is 5. The van der Waals surface area contributed by atoms with Crippen molar-refractivity contribution in [2.24, 2.45) is 11.5 Å². The fourth-order valence-electron chi connectivity index (χ4n) is 1.96. The van der Waals surface area contributed by atoms with Crippen molar-refractivity contribution in [3.63, 3.8) is 0 Å². The summed E-state index contributed by atoms with van der Waals surface area (Å²) in [4.78, 5) is 58.1. The van der Waals surface area contributed by atoms with Gasteiger partial charge in [-0.1, -0.05) is 0 Å². The first-order valence-corrected chi connectivity index (χ1v) is 9.61. The van der Waals surface area contributed by atoms with Gasteiger partial charge in [-0.2, -0.15) is 11.8 Å². The van der Waals surface area contributed by atoms with Crippen LogP contribution in [0.4, 0.5) is 0 Å². The van der Waals surface area contributed by atoms with E-state index in [1.54, 1.807) is 0 Å². The highest BCUT2D eigenvalue weighted by atomic mass is 32.2. The zero-order chi connectivity index (χ0) is 21.0. The quantitative estimate of drug-likeness (QED) is 0.194. The molecule has 0 fully saturated rings. The smallest absolute Gasteiger partial charge is 0.325 e. The van der Waals surface area contributed by atoms with E-state index in [1.165, 1.54) is 18.7 Å². The van der Waals surface area contributed by atoms with Crippen molar-refractivity contribution in [3.05, 3.63) is 0 Å². The Labute approximate surface area is 161 Å². The lowest BCUT2D eigenvalue weighted by Crippen LogP contribution is -2.56. The Bertz CT molecular complexity index is 559. The minimum absolute atomic E-state index is 0.0602. The first kappa shape index (κ1) is 24.7. The summed E-state index contributed by atoms with van der Waals surface area (Å²) in [6.07, 6.45) is 1.85. The van der Waals surface area contributed by atoms with E-state index < -0.39 is 47.7 Å². The van der Waals surface area contributed by atoms with Gasteiger partial charge in [0.2, 0.25) is 23.6 Å². The minimum Gasteiger partial charge on any atom is -0.480 e. The van der Waals surface area contributed by atoms with Crippen LogP contribution < -0.4 is 27.4 Å². The summed E-state index contributed by atoms with van der Waals surface area (Å²) in [6.45, 7) is 0.942.